The maximum absolute atomic E-state index is 12.0. The number of hydrogen-bond acceptors (Lipinski definition) is 4. The number of sulfonamides is 1. The van der Waals surface area contributed by atoms with Crippen molar-refractivity contribution >= 4 is 16.0 Å². The number of rotatable bonds is 6. The van der Waals surface area contributed by atoms with Crippen molar-refractivity contribution in [2.24, 2.45) is 0 Å². The second-order valence-electron chi connectivity index (χ2n) is 4.14. The average Bonchev–Trinajstić information content (AvgIpc) is 2.77. The van der Waals surface area contributed by atoms with E-state index in [2.05, 4.69) is 14.7 Å². The van der Waals surface area contributed by atoms with Crippen LogP contribution in [0.1, 0.15) is 33.0 Å². The molecule has 3 N–H and O–H groups in total. The molecule has 0 saturated carbocycles. The van der Waals surface area contributed by atoms with Crippen LogP contribution in [0.15, 0.2) is 11.2 Å². The maximum Gasteiger partial charge on any atom is 0.324 e. The number of aliphatic carboxylic acids is 1. The third-order valence-corrected chi connectivity index (χ3v) is 4.27. The van der Waals surface area contributed by atoms with E-state index in [9.17, 15) is 13.2 Å². The number of carboxylic acid groups (broad SMARTS) is 1. The molecule has 8 heteroatoms. The number of carboxylic acids is 1. The summed E-state index contributed by atoms with van der Waals surface area (Å²) in [6.07, 6.45) is 1.88. The van der Waals surface area contributed by atoms with Crippen molar-refractivity contribution < 1.29 is 18.3 Å². The highest BCUT2D eigenvalue weighted by molar-refractivity contribution is 7.89. The van der Waals surface area contributed by atoms with Gasteiger partial charge in [-0.2, -0.15) is 4.72 Å². The zero-order valence-corrected chi connectivity index (χ0v) is 11.3. The zero-order chi connectivity index (χ0) is 14.0. The molecule has 1 atom stereocenters. The zero-order valence-electron chi connectivity index (χ0n) is 10.5. The quantitative estimate of drug-likeness (QED) is 0.700. The van der Waals surface area contributed by atoms with Gasteiger partial charge in [-0.15, -0.1) is 0 Å². The van der Waals surface area contributed by atoms with Crippen LogP contribution < -0.4 is 4.72 Å². The summed E-state index contributed by atoms with van der Waals surface area (Å²) in [6, 6.07) is 0. The van der Waals surface area contributed by atoms with Crippen molar-refractivity contribution in [3.8, 4) is 0 Å². The highest BCUT2D eigenvalue weighted by Gasteiger charge is 2.36. The van der Waals surface area contributed by atoms with Gasteiger partial charge in [0.2, 0.25) is 0 Å². The summed E-state index contributed by atoms with van der Waals surface area (Å²) >= 11 is 0. The summed E-state index contributed by atoms with van der Waals surface area (Å²) in [7, 11) is -3.91. The Balaban J connectivity index is 3.05. The Morgan fingerprint density at radius 3 is 2.56 bits per heavy atom. The molecule has 0 aliphatic carbocycles. The van der Waals surface area contributed by atoms with Crippen LogP contribution in [0.2, 0.25) is 0 Å². The Morgan fingerprint density at radius 2 is 2.17 bits per heavy atom. The number of hydrogen-bond donors (Lipinski definition) is 3. The molecule has 18 heavy (non-hydrogen) atoms. The summed E-state index contributed by atoms with van der Waals surface area (Å²) < 4.78 is 26.2. The fraction of sp³-hybridized carbons (Fsp3) is 0.600. The van der Waals surface area contributed by atoms with E-state index in [4.69, 9.17) is 5.11 Å². The molecule has 1 rings (SSSR count). The molecular weight excluding hydrogens is 258 g/mol. The van der Waals surface area contributed by atoms with Gasteiger partial charge in [-0.3, -0.25) is 4.79 Å². The summed E-state index contributed by atoms with van der Waals surface area (Å²) in [5.41, 5.74) is -1.53. The Bertz CT molecular complexity index is 537. The van der Waals surface area contributed by atoms with E-state index in [-0.39, 0.29) is 11.4 Å². The molecule has 1 heterocycles. The summed E-state index contributed by atoms with van der Waals surface area (Å²) in [5, 5.41) is 8.92. The van der Waals surface area contributed by atoms with Crippen LogP contribution in [0.4, 0.5) is 0 Å². The highest BCUT2D eigenvalue weighted by atomic mass is 32.2. The molecule has 0 aliphatic heterocycles. The van der Waals surface area contributed by atoms with Gasteiger partial charge >= 0.3 is 5.97 Å². The van der Waals surface area contributed by atoms with E-state index in [1.807, 2.05) is 6.92 Å². The molecule has 0 radical (unpaired) electrons. The number of imidazole rings is 1. The number of aromatic amines is 1. The molecule has 0 amide bonds. The lowest BCUT2D eigenvalue weighted by Gasteiger charge is -2.23. The van der Waals surface area contributed by atoms with Crippen LogP contribution in [0.25, 0.3) is 0 Å². The first kappa shape index (κ1) is 14.7. The molecule has 0 saturated heterocycles. The van der Waals surface area contributed by atoms with Crippen LogP contribution in [-0.2, 0) is 21.2 Å². The first-order chi connectivity index (χ1) is 8.25. The molecule has 7 nitrogen and oxygen atoms in total. The fourth-order valence-electron chi connectivity index (χ4n) is 1.28. The third kappa shape index (κ3) is 2.88. The van der Waals surface area contributed by atoms with Gasteiger partial charge in [0.25, 0.3) is 10.0 Å². The van der Waals surface area contributed by atoms with Crippen LogP contribution in [0.3, 0.4) is 0 Å². The molecular formula is C10H17N3O4S. The Hall–Kier alpha value is -1.41. The number of aryl methyl sites for hydroxylation is 1. The van der Waals surface area contributed by atoms with Gasteiger partial charge < -0.3 is 10.1 Å². The highest BCUT2D eigenvalue weighted by Crippen LogP contribution is 2.15. The van der Waals surface area contributed by atoms with Gasteiger partial charge in [-0.05, 0) is 13.3 Å². The van der Waals surface area contributed by atoms with Crippen molar-refractivity contribution in [3.63, 3.8) is 0 Å². The number of nitrogens with zero attached hydrogens (tertiary/aromatic N) is 1. The van der Waals surface area contributed by atoms with Crippen molar-refractivity contribution in [1.82, 2.24) is 14.7 Å². The molecule has 0 aliphatic rings. The summed E-state index contributed by atoms with van der Waals surface area (Å²) in [5.74, 6) is -0.687. The second-order valence-corrected chi connectivity index (χ2v) is 5.79. The number of aromatic nitrogens is 2. The first-order valence-electron chi connectivity index (χ1n) is 5.56. The minimum absolute atomic E-state index is 0.125. The monoisotopic (exact) mass is 275 g/mol. The SMILES string of the molecule is CCc1ncc(S(=O)(=O)NC(C)(CC)C(=O)O)[nH]1. The predicted molar refractivity (Wildman–Crippen MR) is 64.6 cm³/mol. The van der Waals surface area contributed by atoms with Gasteiger partial charge in [0.1, 0.15) is 11.4 Å². The molecule has 102 valence electrons. The average molecular weight is 275 g/mol. The minimum Gasteiger partial charge on any atom is -0.480 e. The van der Waals surface area contributed by atoms with Gasteiger partial charge in [-0.1, -0.05) is 13.8 Å². The third-order valence-electron chi connectivity index (χ3n) is 2.77. The molecule has 1 unspecified atom stereocenters. The molecule has 0 bridgehead atoms. The number of nitrogens with one attached hydrogen (secondary N) is 2. The molecule has 0 fully saturated rings. The van der Waals surface area contributed by atoms with E-state index < -0.39 is 21.5 Å². The fourth-order valence-corrected chi connectivity index (χ4v) is 2.66. The second kappa shape index (κ2) is 5.07. The van der Waals surface area contributed by atoms with Crippen LogP contribution in [0.5, 0.6) is 0 Å². The van der Waals surface area contributed by atoms with Gasteiger partial charge in [-0.25, -0.2) is 13.4 Å². The van der Waals surface area contributed by atoms with E-state index in [0.717, 1.165) is 0 Å². The lowest BCUT2D eigenvalue weighted by molar-refractivity contribution is -0.143. The standard InChI is InChI=1S/C10H17N3O4S/c1-4-7-11-6-8(12-7)18(16,17)13-10(3,5-2)9(14)15/h6,13H,4-5H2,1-3H3,(H,11,12)(H,14,15). The largest absolute Gasteiger partial charge is 0.480 e. The van der Waals surface area contributed by atoms with Gasteiger partial charge in [0.15, 0.2) is 5.03 Å². The smallest absolute Gasteiger partial charge is 0.324 e. The van der Waals surface area contributed by atoms with Gasteiger partial charge in [0.05, 0.1) is 6.20 Å². The van der Waals surface area contributed by atoms with E-state index >= 15 is 0 Å². The van der Waals surface area contributed by atoms with Crippen LogP contribution in [-0.4, -0.2) is 35.0 Å². The normalized spacial score (nSPS) is 15.3. The topological polar surface area (TPSA) is 112 Å². The first-order valence-corrected chi connectivity index (χ1v) is 7.04. The number of H-pyrrole nitrogens is 1. The van der Waals surface area contributed by atoms with Crippen molar-refractivity contribution in [2.45, 2.75) is 44.2 Å². The lowest BCUT2D eigenvalue weighted by atomic mass is 10.0. The van der Waals surface area contributed by atoms with E-state index in [1.165, 1.54) is 13.1 Å². The van der Waals surface area contributed by atoms with Crippen molar-refractivity contribution in [3.05, 3.63) is 12.0 Å². The molecule has 0 spiro atoms. The van der Waals surface area contributed by atoms with Crippen molar-refractivity contribution in [1.29, 1.82) is 0 Å². The van der Waals surface area contributed by atoms with Crippen LogP contribution >= 0.6 is 0 Å². The molecule has 0 aromatic carbocycles. The molecule has 1 aromatic rings. The van der Waals surface area contributed by atoms with E-state index in [1.54, 1.807) is 6.92 Å². The minimum atomic E-state index is -3.91. The lowest BCUT2D eigenvalue weighted by Crippen LogP contribution is -2.51. The number of carbonyl (C=O) groups is 1. The predicted octanol–water partition coefficient (Wildman–Crippen LogP) is 0.504. The molecule has 1 aromatic heterocycles. The maximum atomic E-state index is 12.0. The summed E-state index contributed by atoms with van der Waals surface area (Å²) in [4.78, 5) is 17.6. The Labute approximate surface area is 106 Å². The Kier molecular flexibility index (Phi) is 4.12. The van der Waals surface area contributed by atoms with Crippen molar-refractivity contribution in [2.75, 3.05) is 0 Å². The summed E-state index contributed by atoms with van der Waals surface area (Å²) in [6.45, 7) is 4.75. The van der Waals surface area contributed by atoms with Crippen LogP contribution in [0, 0.1) is 0 Å². The van der Waals surface area contributed by atoms with E-state index in [0.29, 0.717) is 12.2 Å². The van der Waals surface area contributed by atoms with Gasteiger partial charge in [0, 0.05) is 6.42 Å². The Morgan fingerprint density at radius 1 is 1.56 bits per heavy atom.